The highest BCUT2D eigenvalue weighted by Gasteiger charge is 2.00. The minimum absolute atomic E-state index is 0.648. The Kier molecular flexibility index (Phi) is 3.27. The number of aromatic amines is 1. The second kappa shape index (κ2) is 5.39. The summed E-state index contributed by atoms with van der Waals surface area (Å²) in [6.07, 6.45) is 5.52. The summed E-state index contributed by atoms with van der Waals surface area (Å²) in [6.45, 7) is 1.43. The van der Waals surface area contributed by atoms with Crippen molar-refractivity contribution in [1.82, 2.24) is 19.7 Å². The van der Waals surface area contributed by atoms with Crippen molar-refractivity contribution < 1.29 is 0 Å². The number of rotatable bonds is 5. The molecule has 2 heterocycles. The van der Waals surface area contributed by atoms with Gasteiger partial charge < -0.3 is 10.3 Å². The Hall–Kier alpha value is -2.56. The molecule has 3 aromatic rings. The van der Waals surface area contributed by atoms with E-state index >= 15 is 0 Å². The average Bonchev–Trinajstić information content (AvgIpc) is 3.09. The first-order chi connectivity index (χ1) is 9.40. The van der Waals surface area contributed by atoms with Crippen LogP contribution in [0.25, 0.3) is 0 Å². The molecule has 0 spiro atoms. The van der Waals surface area contributed by atoms with E-state index in [1.54, 1.807) is 6.20 Å². The van der Waals surface area contributed by atoms with Crippen LogP contribution in [0.15, 0.2) is 55.0 Å². The molecule has 0 bridgehead atoms. The smallest absolute Gasteiger partial charge is 0.148 e. The van der Waals surface area contributed by atoms with E-state index in [0.29, 0.717) is 6.54 Å². The van der Waals surface area contributed by atoms with Crippen molar-refractivity contribution in [3.8, 4) is 0 Å². The highest BCUT2D eigenvalue weighted by molar-refractivity contribution is 5.32. The van der Waals surface area contributed by atoms with Gasteiger partial charge >= 0.3 is 0 Å². The van der Waals surface area contributed by atoms with Gasteiger partial charge in [0.05, 0.1) is 13.1 Å². The van der Waals surface area contributed by atoms with E-state index in [0.717, 1.165) is 18.2 Å². The van der Waals surface area contributed by atoms with Crippen LogP contribution in [0.3, 0.4) is 0 Å². The van der Waals surface area contributed by atoms with Crippen LogP contribution in [0.1, 0.15) is 11.4 Å². The molecule has 1 aromatic carbocycles. The average molecular weight is 253 g/mol. The van der Waals surface area contributed by atoms with Crippen LogP contribution in [0.5, 0.6) is 0 Å². The molecule has 2 N–H and O–H groups in total. The van der Waals surface area contributed by atoms with E-state index < -0.39 is 0 Å². The van der Waals surface area contributed by atoms with Crippen LogP contribution >= 0.6 is 0 Å². The van der Waals surface area contributed by atoms with Gasteiger partial charge in [-0.15, -0.1) is 0 Å². The summed E-state index contributed by atoms with van der Waals surface area (Å²) >= 11 is 0. The first kappa shape index (κ1) is 11.5. The number of benzene rings is 1. The molecule has 0 fully saturated rings. The third kappa shape index (κ3) is 3.01. The van der Waals surface area contributed by atoms with Crippen molar-refractivity contribution in [3.63, 3.8) is 0 Å². The van der Waals surface area contributed by atoms with Gasteiger partial charge in [-0.25, -0.2) is 4.98 Å². The fourth-order valence-electron chi connectivity index (χ4n) is 1.88. The Morgan fingerprint density at radius 1 is 1.16 bits per heavy atom. The van der Waals surface area contributed by atoms with Crippen molar-refractivity contribution >= 4 is 5.82 Å². The zero-order valence-corrected chi connectivity index (χ0v) is 10.5. The molecule has 2 aromatic heterocycles. The second-order valence-electron chi connectivity index (χ2n) is 4.27. The second-order valence-corrected chi connectivity index (χ2v) is 4.27. The lowest BCUT2D eigenvalue weighted by Gasteiger charge is -2.02. The molecule has 0 saturated carbocycles. The van der Waals surface area contributed by atoms with Crippen molar-refractivity contribution in [3.05, 3.63) is 66.4 Å². The predicted octanol–water partition coefficient (Wildman–Crippen LogP) is 2.27. The molecule has 96 valence electrons. The molecule has 5 heteroatoms. The van der Waals surface area contributed by atoms with Gasteiger partial charge in [0.2, 0.25) is 0 Å². The van der Waals surface area contributed by atoms with Crippen LogP contribution in [-0.2, 0) is 13.1 Å². The van der Waals surface area contributed by atoms with Gasteiger partial charge in [0.25, 0.3) is 0 Å². The summed E-state index contributed by atoms with van der Waals surface area (Å²) in [5.41, 5.74) is 1.24. The van der Waals surface area contributed by atoms with E-state index in [9.17, 15) is 0 Å². The standard InChI is InChI=1S/C14H15N5/c1-2-4-12(5-3-1)11-19-9-6-13(18-19)17-10-14-15-7-8-16-14/h1-9H,10-11H2,(H,15,16)(H,17,18). The summed E-state index contributed by atoms with van der Waals surface area (Å²) in [6, 6.07) is 12.2. The third-order valence-corrected chi connectivity index (χ3v) is 2.82. The van der Waals surface area contributed by atoms with Crippen LogP contribution in [-0.4, -0.2) is 19.7 Å². The molecule has 19 heavy (non-hydrogen) atoms. The lowest BCUT2D eigenvalue weighted by Crippen LogP contribution is -2.04. The van der Waals surface area contributed by atoms with Gasteiger partial charge in [0, 0.05) is 24.7 Å². The van der Waals surface area contributed by atoms with Gasteiger partial charge in [-0.05, 0) is 5.56 Å². The van der Waals surface area contributed by atoms with E-state index in [4.69, 9.17) is 0 Å². The molecule has 0 saturated heterocycles. The summed E-state index contributed by atoms with van der Waals surface area (Å²) in [4.78, 5) is 7.20. The maximum Gasteiger partial charge on any atom is 0.148 e. The van der Waals surface area contributed by atoms with E-state index in [-0.39, 0.29) is 0 Å². The summed E-state index contributed by atoms with van der Waals surface area (Å²) in [5.74, 6) is 1.75. The number of anilines is 1. The van der Waals surface area contributed by atoms with Crippen molar-refractivity contribution in [2.45, 2.75) is 13.1 Å². The van der Waals surface area contributed by atoms with Gasteiger partial charge in [-0.2, -0.15) is 5.10 Å². The predicted molar refractivity (Wildman–Crippen MR) is 73.7 cm³/mol. The van der Waals surface area contributed by atoms with Crippen molar-refractivity contribution in [1.29, 1.82) is 0 Å². The number of aromatic nitrogens is 4. The number of nitrogens with one attached hydrogen (secondary N) is 2. The van der Waals surface area contributed by atoms with E-state index in [2.05, 4.69) is 32.5 Å². The largest absolute Gasteiger partial charge is 0.361 e. The van der Waals surface area contributed by atoms with Gasteiger partial charge in [0.15, 0.2) is 0 Å². The topological polar surface area (TPSA) is 58.5 Å². The Morgan fingerprint density at radius 2 is 2.05 bits per heavy atom. The molecular weight excluding hydrogens is 238 g/mol. The zero-order chi connectivity index (χ0) is 12.9. The fraction of sp³-hybridized carbons (Fsp3) is 0.143. The zero-order valence-electron chi connectivity index (χ0n) is 10.5. The molecule has 5 nitrogen and oxygen atoms in total. The lowest BCUT2D eigenvalue weighted by atomic mass is 10.2. The quantitative estimate of drug-likeness (QED) is 0.733. The summed E-state index contributed by atoms with van der Waals surface area (Å²) in [7, 11) is 0. The molecule has 0 amide bonds. The maximum absolute atomic E-state index is 4.47. The molecule has 0 unspecified atom stereocenters. The minimum Gasteiger partial charge on any atom is -0.361 e. The Balaban J connectivity index is 1.60. The van der Waals surface area contributed by atoms with Crippen molar-refractivity contribution in [2.75, 3.05) is 5.32 Å². The molecule has 0 radical (unpaired) electrons. The lowest BCUT2D eigenvalue weighted by molar-refractivity contribution is 0.688. The first-order valence-electron chi connectivity index (χ1n) is 6.20. The molecular formula is C14H15N5. The highest BCUT2D eigenvalue weighted by Crippen LogP contribution is 2.07. The van der Waals surface area contributed by atoms with E-state index in [1.807, 2.05) is 41.3 Å². The Bertz CT molecular complexity index is 612. The van der Waals surface area contributed by atoms with Crippen LogP contribution < -0.4 is 5.32 Å². The van der Waals surface area contributed by atoms with Crippen LogP contribution in [0.4, 0.5) is 5.82 Å². The number of H-pyrrole nitrogens is 1. The van der Waals surface area contributed by atoms with Crippen molar-refractivity contribution in [2.24, 2.45) is 0 Å². The summed E-state index contributed by atoms with van der Waals surface area (Å²) < 4.78 is 1.92. The third-order valence-electron chi connectivity index (χ3n) is 2.82. The number of hydrogen-bond donors (Lipinski definition) is 2. The first-order valence-corrected chi connectivity index (χ1v) is 6.20. The molecule has 3 rings (SSSR count). The van der Waals surface area contributed by atoms with E-state index in [1.165, 1.54) is 5.56 Å². The minimum atomic E-state index is 0.648. The number of hydrogen-bond acceptors (Lipinski definition) is 3. The SMILES string of the molecule is c1ccc(Cn2ccc(NCc3ncc[nH]3)n2)cc1. The molecule has 0 aliphatic carbocycles. The monoisotopic (exact) mass is 253 g/mol. The Labute approximate surface area is 111 Å². The number of imidazole rings is 1. The molecule has 0 atom stereocenters. The highest BCUT2D eigenvalue weighted by atomic mass is 15.3. The molecule has 0 aliphatic rings. The summed E-state index contributed by atoms with van der Waals surface area (Å²) in [5, 5.41) is 7.70. The molecule has 0 aliphatic heterocycles. The van der Waals surface area contributed by atoms with Gasteiger partial charge in [-0.3, -0.25) is 4.68 Å². The Morgan fingerprint density at radius 3 is 2.84 bits per heavy atom. The maximum atomic E-state index is 4.47. The van der Waals surface area contributed by atoms with Crippen LogP contribution in [0, 0.1) is 0 Å². The van der Waals surface area contributed by atoms with Crippen LogP contribution in [0.2, 0.25) is 0 Å². The number of nitrogens with zero attached hydrogens (tertiary/aromatic N) is 3. The van der Waals surface area contributed by atoms with Gasteiger partial charge in [-0.1, -0.05) is 30.3 Å². The van der Waals surface area contributed by atoms with Gasteiger partial charge in [0.1, 0.15) is 11.6 Å². The fourth-order valence-corrected chi connectivity index (χ4v) is 1.88. The normalized spacial score (nSPS) is 10.5.